The highest BCUT2D eigenvalue weighted by Crippen LogP contribution is 2.40. The number of carbonyl (C=O) groups excluding carboxylic acids is 1. The lowest BCUT2D eigenvalue weighted by Gasteiger charge is -2.34. The Morgan fingerprint density at radius 1 is 1.12 bits per heavy atom. The van der Waals surface area contributed by atoms with Crippen molar-refractivity contribution in [2.24, 2.45) is 5.73 Å². The number of ether oxygens (including phenoxy) is 2. The van der Waals surface area contributed by atoms with E-state index in [-0.39, 0.29) is 52.6 Å². The first-order valence-corrected chi connectivity index (χ1v) is 13.7. The molecule has 1 unspecified atom stereocenters. The molecule has 6 nitrogen and oxygen atoms in total. The number of methoxy groups -OCH3 is 1. The number of hydrogen-bond acceptors (Lipinski definition) is 5. The second-order valence-electron chi connectivity index (χ2n) is 10.5. The maximum absolute atomic E-state index is 15.8. The predicted molar refractivity (Wildman–Crippen MR) is 152 cm³/mol. The number of halogens is 3. The number of primary amides is 1. The summed E-state index contributed by atoms with van der Waals surface area (Å²) in [6, 6.07) is 15.4. The summed E-state index contributed by atoms with van der Waals surface area (Å²) in [5.41, 5.74) is 6.06. The maximum atomic E-state index is 15.8. The number of nitrogens with one attached hydrogen (secondary N) is 1. The maximum Gasteiger partial charge on any atom is 0.249 e. The van der Waals surface area contributed by atoms with Crippen LogP contribution in [0.25, 0.3) is 11.1 Å². The molecule has 1 fully saturated rings. The fraction of sp³-hybridized carbons (Fsp3) is 0.387. The van der Waals surface area contributed by atoms with Gasteiger partial charge in [-0.25, -0.2) is 8.78 Å². The van der Waals surface area contributed by atoms with E-state index in [9.17, 15) is 9.90 Å². The van der Waals surface area contributed by atoms with Gasteiger partial charge in [0.1, 0.15) is 12.4 Å². The summed E-state index contributed by atoms with van der Waals surface area (Å²) in [4.78, 5) is 12.3. The van der Waals surface area contributed by atoms with Crippen LogP contribution >= 0.6 is 11.6 Å². The Bertz CT molecular complexity index is 1330. The average molecular weight is 573 g/mol. The van der Waals surface area contributed by atoms with Crippen LogP contribution in [0, 0.1) is 11.6 Å². The summed E-state index contributed by atoms with van der Waals surface area (Å²) in [5, 5.41) is 13.6. The molecule has 0 aromatic heterocycles. The molecule has 0 bridgehead atoms. The number of amides is 1. The van der Waals surface area contributed by atoms with E-state index in [0.29, 0.717) is 24.9 Å². The number of hydrogen-bond donors (Lipinski definition) is 3. The number of benzene rings is 3. The second kappa shape index (κ2) is 13.1. The molecular weight excluding hydrogens is 538 g/mol. The molecule has 0 heterocycles. The van der Waals surface area contributed by atoms with Crippen molar-refractivity contribution in [2.45, 2.75) is 50.2 Å². The van der Waals surface area contributed by atoms with Crippen molar-refractivity contribution in [2.75, 3.05) is 26.9 Å². The van der Waals surface area contributed by atoms with E-state index < -0.39 is 23.1 Å². The minimum absolute atomic E-state index is 0.00908. The molecule has 1 aliphatic carbocycles. The third-order valence-electron chi connectivity index (χ3n) is 7.51. The van der Waals surface area contributed by atoms with E-state index in [1.54, 1.807) is 6.07 Å². The molecule has 3 aromatic carbocycles. The van der Waals surface area contributed by atoms with E-state index in [2.05, 4.69) is 5.32 Å². The fourth-order valence-corrected chi connectivity index (χ4v) is 5.41. The highest BCUT2D eigenvalue weighted by molar-refractivity contribution is 6.33. The van der Waals surface area contributed by atoms with E-state index in [4.69, 9.17) is 26.8 Å². The van der Waals surface area contributed by atoms with Gasteiger partial charge < -0.3 is 25.6 Å². The number of aliphatic hydroxyl groups is 1. The van der Waals surface area contributed by atoms with Gasteiger partial charge in [-0.3, -0.25) is 4.79 Å². The number of carbonyl (C=O) groups is 1. The van der Waals surface area contributed by atoms with Gasteiger partial charge >= 0.3 is 0 Å². The molecule has 4 N–H and O–H groups in total. The van der Waals surface area contributed by atoms with Gasteiger partial charge in [0.25, 0.3) is 0 Å². The summed E-state index contributed by atoms with van der Waals surface area (Å²) in [6.45, 7) is 2.62. The van der Waals surface area contributed by atoms with Crippen LogP contribution in [0.15, 0.2) is 54.6 Å². The lowest BCUT2D eigenvalue weighted by Crippen LogP contribution is -2.41. The first-order valence-electron chi connectivity index (χ1n) is 13.4. The minimum atomic E-state index is -0.881. The van der Waals surface area contributed by atoms with Gasteiger partial charge in [0, 0.05) is 36.7 Å². The molecule has 1 atom stereocenters. The molecule has 9 heteroatoms. The average Bonchev–Trinajstić information content (AvgIpc) is 2.93. The molecular formula is C31H35ClF2N2O4. The van der Waals surface area contributed by atoms with Crippen LogP contribution in [0.3, 0.4) is 0 Å². The van der Waals surface area contributed by atoms with Crippen LogP contribution in [-0.4, -0.2) is 49.5 Å². The molecule has 1 aliphatic rings. The molecule has 0 saturated heterocycles. The molecule has 1 saturated carbocycles. The largest absolute Gasteiger partial charge is 0.488 e. The molecule has 3 aromatic rings. The van der Waals surface area contributed by atoms with E-state index in [1.165, 1.54) is 25.3 Å². The van der Waals surface area contributed by atoms with Crippen molar-refractivity contribution in [3.8, 4) is 16.9 Å². The molecule has 0 aliphatic heterocycles. The zero-order chi connectivity index (χ0) is 28.9. The number of nitrogens with two attached hydrogens (primary N) is 1. The molecule has 4 rings (SSSR count). The van der Waals surface area contributed by atoms with Gasteiger partial charge in [0.15, 0.2) is 11.6 Å². The Morgan fingerprint density at radius 2 is 1.82 bits per heavy atom. The SMILES string of the molecule is COCCOc1ccc(C(N)=O)c(-c2cc(C(CNC3CCC(C)(O)CC3)c3ccccc3)cc(F)c2Cl)c1F. The molecule has 1 amide bonds. The van der Waals surface area contributed by atoms with Gasteiger partial charge in [-0.1, -0.05) is 41.9 Å². The van der Waals surface area contributed by atoms with Crippen LogP contribution in [-0.2, 0) is 4.74 Å². The first-order chi connectivity index (χ1) is 19.1. The van der Waals surface area contributed by atoms with Crippen molar-refractivity contribution in [3.63, 3.8) is 0 Å². The Kier molecular flexibility index (Phi) is 9.79. The van der Waals surface area contributed by atoms with Crippen molar-refractivity contribution in [3.05, 3.63) is 87.9 Å². The second-order valence-corrected chi connectivity index (χ2v) is 10.9. The van der Waals surface area contributed by atoms with Crippen LogP contribution < -0.4 is 15.8 Å². The zero-order valence-corrected chi connectivity index (χ0v) is 23.4. The predicted octanol–water partition coefficient (Wildman–Crippen LogP) is 5.82. The minimum Gasteiger partial charge on any atom is -0.488 e. The summed E-state index contributed by atoms with van der Waals surface area (Å²) in [5.74, 6) is -2.93. The van der Waals surface area contributed by atoms with Crippen molar-refractivity contribution < 1.29 is 28.2 Å². The summed E-state index contributed by atoms with van der Waals surface area (Å²) in [6.07, 6.45) is 3.02. The molecule has 0 spiro atoms. The van der Waals surface area contributed by atoms with Crippen LogP contribution in [0.1, 0.15) is 60.0 Å². The van der Waals surface area contributed by atoms with E-state index in [1.807, 2.05) is 37.3 Å². The van der Waals surface area contributed by atoms with Gasteiger partial charge in [-0.2, -0.15) is 0 Å². The standard InChI is InChI=1S/C31H35ClF2N2O4/c1-31(38)12-10-21(11-13-31)36-18-24(19-6-4-3-5-7-19)20-16-23(28(32)25(33)17-20)27-22(30(35)37)8-9-26(29(27)34)40-15-14-39-2/h3-9,16-17,21,24,36,38H,10-15,18H2,1-2H3,(H2,35,37). The molecule has 214 valence electrons. The highest BCUT2D eigenvalue weighted by atomic mass is 35.5. The van der Waals surface area contributed by atoms with Crippen LogP contribution in [0.2, 0.25) is 5.02 Å². The fourth-order valence-electron chi connectivity index (χ4n) is 5.21. The topological polar surface area (TPSA) is 93.8 Å². The Hall–Kier alpha value is -3.04. The van der Waals surface area contributed by atoms with E-state index in [0.717, 1.165) is 18.4 Å². The Balaban J connectivity index is 1.76. The summed E-state index contributed by atoms with van der Waals surface area (Å²) < 4.78 is 41.7. The quantitative estimate of drug-likeness (QED) is 0.252. The number of rotatable bonds is 11. The third-order valence-corrected chi connectivity index (χ3v) is 7.90. The lowest BCUT2D eigenvalue weighted by molar-refractivity contribution is 0.0141. The smallest absolute Gasteiger partial charge is 0.249 e. The molecule has 40 heavy (non-hydrogen) atoms. The summed E-state index contributed by atoms with van der Waals surface area (Å²) >= 11 is 6.41. The monoisotopic (exact) mass is 572 g/mol. The van der Waals surface area contributed by atoms with Gasteiger partial charge in [0.05, 0.1) is 22.8 Å². The third kappa shape index (κ3) is 6.99. The van der Waals surface area contributed by atoms with Crippen LogP contribution in [0.5, 0.6) is 5.75 Å². The van der Waals surface area contributed by atoms with Crippen molar-refractivity contribution >= 4 is 17.5 Å². The van der Waals surface area contributed by atoms with Gasteiger partial charge in [-0.05, 0) is 68.0 Å². The van der Waals surface area contributed by atoms with Crippen molar-refractivity contribution in [1.82, 2.24) is 5.32 Å². The van der Waals surface area contributed by atoms with Gasteiger partial charge in [-0.15, -0.1) is 0 Å². The van der Waals surface area contributed by atoms with Crippen molar-refractivity contribution in [1.29, 1.82) is 0 Å². The molecule has 0 radical (unpaired) electrons. The van der Waals surface area contributed by atoms with Crippen LogP contribution in [0.4, 0.5) is 8.78 Å². The summed E-state index contributed by atoms with van der Waals surface area (Å²) in [7, 11) is 1.49. The lowest BCUT2D eigenvalue weighted by atomic mass is 9.83. The first kappa shape index (κ1) is 29.9. The van der Waals surface area contributed by atoms with Gasteiger partial charge in [0.2, 0.25) is 5.91 Å². The zero-order valence-electron chi connectivity index (χ0n) is 22.7. The Morgan fingerprint density at radius 3 is 2.48 bits per heavy atom. The Labute approximate surface area is 238 Å². The normalized spacial score (nSPS) is 19.8. The highest BCUT2D eigenvalue weighted by Gasteiger charge is 2.30. The van der Waals surface area contributed by atoms with E-state index >= 15 is 8.78 Å².